The molecule has 3 heterocycles. The zero-order valence-corrected chi connectivity index (χ0v) is 11.9. The summed E-state index contributed by atoms with van der Waals surface area (Å²) in [5.74, 6) is 1.92. The zero-order valence-electron chi connectivity index (χ0n) is 11.9. The average molecular weight is 287 g/mol. The average Bonchev–Trinajstić information content (AvgIpc) is 3.09. The number of carbonyl (C=O) groups excluding carboxylic acids is 1. The number of hydrogen-bond donors (Lipinski definition) is 1. The third-order valence-electron chi connectivity index (χ3n) is 3.39. The SMILES string of the molecule is CCOc1ncccc1C(=O)NCc1nnc2n1CCC2. The Morgan fingerprint density at radius 3 is 3.24 bits per heavy atom. The predicted molar refractivity (Wildman–Crippen MR) is 74.9 cm³/mol. The maximum Gasteiger partial charge on any atom is 0.257 e. The summed E-state index contributed by atoms with van der Waals surface area (Å²) in [6.07, 6.45) is 3.65. The first-order chi connectivity index (χ1) is 10.3. The number of aryl methyl sites for hydroxylation is 1. The largest absolute Gasteiger partial charge is 0.477 e. The monoisotopic (exact) mass is 287 g/mol. The molecule has 1 aliphatic rings. The highest BCUT2D eigenvalue weighted by Gasteiger charge is 2.18. The quantitative estimate of drug-likeness (QED) is 0.885. The molecule has 2 aromatic heterocycles. The minimum absolute atomic E-state index is 0.220. The molecule has 0 unspecified atom stereocenters. The number of carbonyl (C=O) groups is 1. The van der Waals surface area contributed by atoms with Crippen LogP contribution in [-0.2, 0) is 19.5 Å². The number of nitrogens with zero attached hydrogens (tertiary/aromatic N) is 4. The first-order valence-corrected chi connectivity index (χ1v) is 7.06. The second-order valence-electron chi connectivity index (χ2n) is 4.76. The minimum Gasteiger partial charge on any atom is -0.477 e. The van der Waals surface area contributed by atoms with Crippen LogP contribution < -0.4 is 10.1 Å². The van der Waals surface area contributed by atoms with Gasteiger partial charge in [0.25, 0.3) is 5.91 Å². The highest BCUT2D eigenvalue weighted by molar-refractivity contribution is 5.96. The number of pyridine rings is 1. The van der Waals surface area contributed by atoms with Crippen molar-refractivity contribution in [2.24, 2.45) is 0 Å². The van der Waals surface area contributed by atoms with Gasteiger partial charge in [0.05, 0.1) is 13.2 Å². The molecule has 0 bridgehead atoms. The van der Waals surface area contributed by atoms with E-state index in [4.69, 9.17) is 4.74 Å². The smallest absolute Gasteiger partial charge is 0.257 e. The maximum absolute atomic E-state index is 12.2. The topological polar surface area (TPSA) is 81.9 Å². The van der Waals surface area contributed by atoms with Crippen molar-refractivity contribution in [2.75, 3.05) is 6.61 Å². The Labute approximate surface area is 122 Å². The Kier molecular flexibility index (Phi) is 3.81. The normalized spacial score (nSPS) is 13.0. The van der Waals surface area contributed by atoms with Crippen molar-refractivity contribution >= 4 is 5.91 Å². The van der Waals surface area contributed by atoms with E-state index in [1.807, 2.05) is 6.92 Å². The Bertz CT molecular complexity index is 653. The zero-order chi connectivity index (χ0) is 14.7. The molecule has 0 saturated carbocycles. The standard InChI is InChI=1S/C14H17N5O2/c1-2-21-14-10(5-3-7-15-14)13(20)16-9-12-18-17-11-6-4-8-19(11)12/h3,5,7H,2,4,6,8-9H2,1H3,(H,16,20). The number of nitrogens with one attached hydrogen (secondary N) is 1. The van der Waals surface area contributed by atoms with Crippen molar-refractivity contribution in [3.8, 4) is 5.88 Å². The lowest BCUT2D eigenvalue weighted by atomic mass is 10.2. The van der Waals surface area contributed by atoms with Gasteiger partial charge in [0.2, 0.25) is 5.88 Å². The van der Waals surface area contributed by atoms with Gasteiger partial charge < -0.3 is 14.6 Å². The molecule has 0 spiro atoms. The van der Waals surface area contributed by atoms with Gasteiger partial charge in [0.1, 0.15) is 11.4 Å². The minimum atomic E-state index is -0.220. The Morgan fingerprint density at radius 1 is 1.48 bits per heavy atom. The van der Waals surface area contributed by atoms with Gasteiger partial charge in [-0.3, -0.25) is 4.79 Å². The molecule has 0 aromatic carbocycles. The van der Waals surface area contributed by atoms with E-state index in [1.54, 1.807) is 18.3 Å². The van der Waals surface area contributed by atoms with Crippen LogP contribution in [0.4, 0.5) is 0 Å². The maximum atomic E-state index is 12.2. The molecule has 2 aromatic rings. The molecule has 1 aliphatic heterocycles. The molecule has 7 heteroatoms. The summed E-state index contributed by atoms with van der Waals surface area (Å²) in [4.78, 5) is 16.3. The molecule has 1 N–H and O–H groups in total. The van der Waals surface area contributed by atoms with Crippen LogP contribution in [0.5, 0.6) is 5.88 Å². The van der Waals surface area contributed by atoms with Gasteiger partial charge in [-0.1, -0.05) is 0 Å². The third-order valence-corrected chi connectivity index (χ3v) is 3.39. The lowest BCUT2D eigenvalue weighted by molar-refractivity contribution is 0.0944. The molecule has 3 rings (SSSR count). The van der Waals surface area contributed by atoms with Gasteiger partial charge in [-0.2, -0.15) is 0 Å². The van der Waals surface area contributed by atoms with E-state index in [2.05, 4.69) is 25.1 Å². The molecule has 7 nitrogen and oxygen atoms in total. The first-order valence-electron chi connectivity index (χ1n) is 7.06. The van der Waals surface area contributed by atoms with Gasteiger partial charge >= 0.3 is 0 Å². The summed E-state index contributed by atoms with van der Waals surface area (Å²) in [5, 5.41) is 11.1. The fourth-order valence-corrected chi connectivity index (χ4v) is 2.41. The van der Waals surface area contributed by atoms with Crippen molar-refractivity contribution in [3.63, 3.8) is 0 Å². The van der Waals surface area contributed by atoms with Gasteiger partial charge in [0.15, 0.2) is 5.82 Å². The molecule has 21 heavy (non-hydrogen) atoms. The molecule has 0 atom stereocenters. The molecule has 0 fully saturated rings. The molecule has 110 valence electrons. The predicted octanol–water partition coefficient (Wildman–Crippen LogP) is 0.948. The van der Waals surface area contributed by atoms with E-state index in [1.165, 1.54) is 0 Å². The number of rotatable bonds is 5. The van der Waals surface area contributed by atoms with Gasteiger partial charge in [0, 0.05) is 19.2 Å². The summed E-state index contributed by atoms with van der Waals surface area (Å²) < 4.78 is 7.43. The van der Waals surface area contributed by atoms with Crippen LogP contribution >= 0.6 is 0 Å². The van der Waals surface area contributed by atoms with Crippen LogP contribution in [0, 0.1) is 0 Å². The van der Waals surface area contributed by atoms with Crippen LogP contribution in [0.1, 0.15) is 35.4 Å². The number of hydrogen-bond acceptors (Lipinski definition) is 5. The fourth-order valence-electron chi connectivity index (χ4n) is 2.41. The summed E-state index contributed by atoms with van der Waals surface area (Å²) >= 11 is 0. The summed E-state index contributed by atoms with van der Waals surface area (Å²) in [5.41, 5.74) is 0.431. The molecule has 1 amide bonds. The molecular weight excluding hydrogens is 270 g/mol. The van der Waals surface area contributed by atoms with Crippen LogP contribution in [0.15, 0.2) is 18.3 Å². The van der Waals surface area contributed by atoms with Crippen molar-refractivity contribution in [3.05, 3.63) is 35.5 Å². The Morgan fingerprint density at radius 2 is 2.38 bits per heavy atom. The highest BCUT2D eigenvalue weighted by Crippen LogP contribution is 2.16. The lowest BCUT2D eigenvalue weighted by Gasteiger charge is -2.09. The summed E-state index contributed by atoms with van der Waals surface area (Å²) in [6.45, 7) is 3.60. The first kappa shape index (κ1) is 13.5. The van der Waals surface area contributed by atoms with Crippen molar-refractivity contribution < 1.29 is 9.53 Å². The van der Waals surface area contributed by atoms with Crippen molar-refractivity contribution in [1.29, 1.82) is 0 Å². The van der Waals surface area contributed by atoms with E-state index >= 15 is 0 Å². The third kappa shape index (κ3) is 2.72. The van der Waals surface area contributed by atoms with E-state index in [0.29, 0.717) is 24.6 Å². The molecule has 0 radical (unpaired) electrons. The van der Waals surface area contributed by atoms with Crippen LogP contribution in [0.2, 0.25) is 0 Å². The Balaban J connectivity index is 1.69. The second kappa shape index (κ2) is 5.90. The van der Waals surface area contributed by atoms with Crippen molar-refractivity contribution in [1.82, 2.24) is 25.1 Å². The summed E-state index contributed by atoms with van der Waals surface area (Å²) in [6, 6.07) is 3.41. The van der Waals surface area contributed by atoms with E-state index in [-0.39, 0.29) is 5.91 Å². The Hall–Kier alpha value is -2.44. The number of ether oxygens (including phenoxy) is 1. The highest BCUT2D eigenvalue weighted by atomic mass is 16.5. The molecular formula is C14H17N5O2. The van der Waals surface area contributed by atoms with E-state index < -0.39 is 0 Å². The molecule has 0 saturated heterocycles. The van der Waals surface area contributed by atoms with Crippen LogP contribution in [0.3, 0.4) is 0 Å². The molecule has 0 aliphatic carbocycles. The number of aromatic nitrogens is 4. The number of amides is 1. The van der Waals surface area contributed by atoms with Crippen molar-refractivity contribution in [2.45, 2.75) is 32.9 Å². The number of fused-ring (bicyclic) bond motifs is 1. The fraction of sp³-hybridized carbons (Fsp3) is 0.429. The van der Waals surface area contributed by atoms with Crippen LogP contribution in [-0.4, -0.2) is 32.3 Å². The van der Waals surface area contributed by atoms with Gasteiger partial charge in [-0.05, 0) is 25.5 Å². The van der Waals surface area contributed by atoms with Gasteiger partial charge in [-0.15, -0.1) is 10.2 Å². The van der Waals surface area contributed by atoms with Crippen LogP contribution in [0.25, 0.3) is 0 Å². The second-order valence-corrected chi connectivity index (χ2v) is 4.76. The van der Waals surface area contributed by atoms with E-state index in [9.17, 15) is 4.79 Å². The van der Waals surface area contributed by atoms with E-state index in [0.717, 1.165) is 31.0 Å². The van der Waals surface area contributed by atoms with Gasteiger partial charge in [-0.25, -0.2) is 4.98 Å². The lowest BCUT2D eigenvalue weighted by Crippen LogP contribution is -2.25. The summed E-state index contributed by atoms with van der Waals surface area (Å²) in [7, 11) is 0.